The first-order valence-electron chi connectivity index (χ1n) is 6.12. The molecule has 0 heterocycles. The SMILES string of the molecule is COCc1cccc(Oc2cc(N)cc(C(F)(F)F)c2)c1. The quantitative estimate of drug-likeness (QED) is 0.859. The van der Waals surface area contributed by atoms with Gasteiger partial charge in [0.1, 0.15) is 11.5 Å². The van der Waals surface area contributed by atoms with E-state index < -0.39 is 11.7 Å². The molecule has 0 atom stereocenters. The van der Waals surface area contributed by atoms with Crippen LogP contribution in [-0.2, 0) is 17.5 Å². The third kappa shape index (κ3) is 4.13. The van der Waals surface area contributed by atoms with Crippen LogP contribution >= 0.6 is 0 Å². The largest absolute Gasteiger partial charge is 0.457 e. The average molecular weight is 297 g/mol. The van der Waals surface area contributed by atoms with Gasteiger partial charge in [-0.25, -0.2) is 0 Å². The van der Waals surface area contributed by atoms with Gasteiger partial charge in [0, 0.05) is 18.9 Å². The van der Waals surface area contributed by atoms with Gasteiger partial charge in [-0.2, -0.15) is 13.2 Å². The number of alkyl halides is 3. The Bertz CT molecular complexity index is 627. The van der Waals surface area contributed by atoms with Crippen molar-refractivity contribution in [3.05, 3.63) is 53.6 Å². The van der Waals surface area contributed by atoms with Crippen molar-refractivity contribution >= 4 is 5.69 Å². The molecule has 0 amide bonds. The molecule has 0 spiro atoms. The van der Waals surface area contributed by atoms with Crippen molar-refractivity contribution in [2.45, 2.75) is 12.8 Å². The molecular weight excluding hydrogens is 283 g/mol. The summed E-state index contributed by atoms with van der Waals surface area (Å²) in [6.07, 6.45) is -4.47. The standard InChI is InChI=1S/C15H14F3NO2/c1-20-9-10-3-2-4-13(5-10)21-14-7-11(15(16,17)18)6-12(19)8-14/h2-8H,9,19H2,1H3. The van der Waals surface area contributed by atoms with E-state index in [1.807, 2.05) is 6.07 Å². The Morgan fingerprint density at radius 1 is 1.05 bits per heavy atom. The molecule has 3 nitrogen and oxygen atoms in total. The summed E-state index contributed by atoms with van der Waals surface area (Å²) in [6.45, 7) is 0.391. The number of nitrogens with two attached hydrogens (primary N) is 1. The maximum absolute atomic E-state index is 12.7. The summed E-state index contributed by atoms with van der Waals surface area (Å²) in [5.41, 5.74) is 5.50. The van der Waals surface area contributed by atoms with E-state index in [1.54, 1.807) is 25.3 Å². The van der Waals surface area contributed by atoms with Gasteiger partial charge in [-0.15, -0.1) is 0 Å². The Kier molecular flexibility index (Phi) is 4.37. The fourth-order valence-electron chi connectivity index (χ4n) is 1.85. The fraction of sp³-hybridized carbons (Fsp3) is 0.200. The molecule has 0 unspecified atom stereocenters. The van der Waals surface area contributed by atoms with Crippen LogP contribution in [-0.4, -0.2) is 7.11 Å². The summed E-state index contributed by atoms with van der Waals surface area (Å²) >= 11 is 0. The summed E-state index contributed by atoms with van der Waals surface area (Å²) in [4.78, 5) is 0. The number of ether oxygens (including phenoxy) is 2. The maximum Gasteiger partial charge on any atom is 0.416 e. The first-order valence-corrected chi connectivity index (χ1v) is 6.12. The van der Waals surface area contributed by atoms with Crippen molar-refractivity contribution in [2.75, 3.05) is 12.8 Å². The first kappa shape index (κ1) is 15.2. The molecular formula is C15H14F3NO2. The number of anilines is 1. The van der Waals surface area contributed by atoms with Crippen LogP contribution in [0.15, 0.2) is 42.5 Å². The molecule has 2 aromatic rings. The van der Waals surface area contributed by atoms with Crippen LogP contribution < -0.4 is 10.5 Å². The number of nitrogen functional groups attached to an aromatic ring is 1. The summed E-state index contributed by atoms with van der Waals surface area (Å²) in [5.74, 6) is 0.458. The zero-order valence-electron chi connectivity index (χ0n) is 11.3. The highest BCUT2D eigenvalue weighted by Crippen LogP contribution is 2.34. The average Bonchev–Trinajstić information content (AvgIpc) is 2.38. The molecule has 0 radical (unpaired) electrons. The number of rotatable bonds is 4. The Morgan fingerprint density at radius 3 is 2.48 bits per heavy atom. The molecule has 2 aromatic carbocycles. The van der Waals surface area contributed by atoms with Crippen molar-refractivity contribution in [3.63, 3.8) is 0 Å². The molecule has 0 aliphatic carbocycles. The van der Waals surface area contributed by atoms with Crippen LogP contribution in [0.1, 0.15) is 11.1 Å². The molecule has 0 aliphatic rings. The molecule has 0 aliphatic heterocycles. The zero-order chi connectivity index (χ0) is 15.5. The van der Waals surface area contributed by atoms with Gasteiger partial charge < -0.3 is 15.2 Å². The van der Waals surface area contributed by atoms with E-state index in [4.69, 9.17) is 15.2 Å². The van der Waals surface area contributed by atoms with Crippen molar-refractivity contribution in [1.29, 1.82) is 0 Å². The third-order valence-electron chi connectivity index (χ3n) is 2.70. The van der Waals surface area contributed by atoms with Gasteiger partial charge in [-0.1, -0.05) is 12.1 Å². The Morgan fingerprint density at radius 2 is 1.81 bits per heavy atom. The maximum atomic E-state index is 12.7. The van der Waals surface area contributed by atoms with E-state index in [0.29, 0.717) is 12.4 Å². The van der Waals surface area contributed by atoms with Crippen LogP contribution in [0.5, 0.6) is 11.5 Å². The van der Waals surface area contributed by atoms with Gasteiger partial charge in [0.25, 0.3) is 0 Å². The predicted octanol–water partition coefficient (Wildman–Crippen LogP) is 4.23. The van der Waals surface area contributed by atoms with Gasteiger partial charge in [0.15, 0.2) is 0 Å². The summed E-state index contributed by atoms with van der Waals surface area (Å²) in [5, 5.41) is 0. The highest BCUT2D eigenvalue weighted by Gasteiger charge is 2.31. The lowest BCUT2D eigenvalue weighted by Crippen LogP contribution is -2.06. The van der Waals surface area contributed by atoms with Crippen molar-refractivity contribution in [1.82, 2.24) is 0 Å². The second-order valence-electron chi connectivity index (χ2n) is 4.47. The second kappa shape index (κ2) is 6.05. The molecule has 2 rings (SSSR count). The molecule has 21 heavy (non-hydrogen) atoms. The van der Waals surface area contributed by atoms with Crippen LogP contribution in [0.2, 0.25) is 0 Å². The summed E-state index contributed by atoms with van der Waals surface area (Å²) in [7, 11) is 1.56. The molecule has 0 saturated carbocycles. The number of methoxy groups -OCH3 is 1. The Labute approximate surface area is 120 Å². The van der Waals surface area contributed by atoms with E-state index in [2.05, 4.69) is 0 Å². The van der Waals surface area contributed by atoms with E-state index in [0.717, 1.165) is 17.7 Å². The Hall–Kier alpha value is -2.21. The van der Waals surface area contributed by atoms with Crippen molar-refractivity contribution in [3.8, 4) is 11.5 Å². The normalized spacial score (nSPS) is 11.4. The monoisotopic (exact) mass is 297 g/mol. The van der Waals surface area contributed by atoms with Crippen LogP contribution in [0, 0.1) is 0 Å². The van der Waals surface area contributed by atoms with Crippen molar-refractivity contribution in [2.24, 2.45) is 0 Å². The molecule has 6 heteroatoms. The van der Waals surface area contributed by atoms with Crippen LogP contribution in [0.3, 0.4) is 0 Å². The summed E-state index contributed by atoms with van der Waals surface area (Å²) in [6, 6.07) is 10.0. The lowest BCUT2D eigenvalue weighted by Gasteiger charge is -2.12. The Balaban J connectivity index is 2.27. The topological polar surface area (TPSA) is 44.5 Å². The molecule has 0 saturated heterocycles. The van der Waals surface area contributed by atoms with Gasteiger partial charge in [-0.3, -0.25) is 0 Å². The van der Waals surface area contributed by atoms with Gasteiger partial charge in [0.2, 0.25) is 0 Å². The number of hydrogen-bond donors (Lipinski definition) is 1. The van der Waals surface area contributed by atoms with Gasteiger partial charge in [-0.05, 0) is 29.8 Å². The highest BCUT2D eigenvalue weighted by atomic mass is 19.4. The van der Waals surface area contributed by atoms with E-state index in [-0.39, 0.29) is 11.4 Å². The number of hydrogen-bond acceptors (Lipinski definition) is 3. The van der Waals surface area contributed by atoms with E-state index in [1.165, 1.54) is 6.07 Å². The smallest absolute Gasteiger partial charge is 0.416 e. The molecule has 2 N–H and O–H groups in total. The minimum Gasteiger partial charge on any atom is -0.457 e. The lowest BCUT2D eigenvalue weighted by atomic mass is 10.2. The van der Waals surface area contributed by atoms with Crippen molar-refractivity contribution < 1.29 is 22.6 Å². The first-order chi connectivity index (χ1) is 9.88. The minimum atomic E-state index is -4.47. The minimum absolute atomic E-state index is 0.00660. The zero-order valence-corrected chi connectivity index (χ0v) is 11.3. The van der Waals surface area contributed by atoms with Gasteiger partial charge >= 0.3 is 6.18 Å². The van der Waals surface area contributed by atoms with E-state index >= 15 is 0 Å². The predicted molar refractivity (Wildman–Crippen MR) is 73.1 cm³/mol. The molecule has 0 bridgehead atoms. The van der Waals surface area contributed by atoms with E-state index in [9.17, 15) is 13.2 Å². The second-order valence-corrected chi connectivity index (χ2v) is 4.47. The van der Waals surface area contributed by atoms with Gasteiger partial charge in [0.05, 0.1) is 12.2 Å². The molecule has 0 aromatic heterocycles. The molecule has 112 valence electrons. The summed E-state index contributed by atoms with van der Waals surface area (Å²) < 4.78 is 48.6. The molecule has 0 fully saturated rings. The van der Waals surface area contributed by atoms with Crippen LogP contribution in [0.4, 0.5) is 18.9 Å². The fourth-order valence-corrected chi connectivity index (χ4v) is 1.85. The highest BCUT2D eigenvalue weighted by molar-refractivity contribution is 5.49. The number of benzene rings is 2. The number of halogens is 3. The third-order valence-corrected chi connectivity index (χ3v) is 2.70. The lowest BCUT2D eigenvalue weighted by molar-refractivity contribution is -0.137. The van der Waals surface area contributed by atoms with Crippen LogP contribution in [0.25, 0.3) is 0 Å².